The number of carbonyl (C=O) groups is 1. The minimum Gasteiger partial charge on any atom is -0.445 e. The Kier molecular flexibility index (Phi) is 14.0. The molecule has 0 aromatic heterocycles. The summed E-state index contributed by atoms with van der Waals surface area (Å²) in [5.74, 6) is 0. The van der Waals surface area contributed by atoms with E-state index in [1.807, 2.05) is 121 Å². The Morgan fingerprint density at radius 3 is 1.78 bits per heavy atom. The van der Waals surface area contributed by atoms with E-state index in [2.05, 4.69) is 10.0 Å². The molecule has 1 heterocycles. The second kappa shape index (κ2) is 19.3. The highest BCUT2D eigenvalue weighted by molar-refractivity contribution is 5.67. The molecule has 256 valence electrons. The minimum absolute atomic E-state index is 0.158. The predicted octanol–water partition coefficient (Wildman–Crippen LogP) is 6.80. The lowest BCUT2D eigenvalue weighted by atomic mass is 9.96. The van der Waals surface area contributed by atoms with Crippen molar-refractivity contribution in [3.05, 3.63) is 154 Å². The fourth-order valence-corrected chi connectivity index (χ4v) is 5.59. The molecule has 49 heavy (non-hydrogen) atoms. The molecule has 4 aromatic carbocycles. The first-order chi connectivity index (χ1) is 24.1. The molecule has 1 N–H and O–H groups in total. The molecule has 1 aliphatic rings. The van der Waals surface area contributed by atoms with Crippen molar-refractivity contribution < 1.29 is 33.6 Å². The summed E-state index contributed by atoms with van der Waals surface area (Å²) in [6.45, 7) is 1.11. The Morgan fingerprint density at radius 2 is 1.24 bits per heavy atom. The van der Waals surface area contributed by atoms with Crippen LogP contribution in [0.3, 0.4) is 0 Å². The third-order valence-electron chi connectivity index (χ3n) is 8.08. The number of azide groups is 1. The van der Waals surface area contributed by atoms with E-state index in [4.69, 9.17) is 23.7 Å². The van der Waals surface area contributed by atoms with E-state index >= 15 is 0 Å². The van der Waals surface area contributed by atoms with Crippen LogP contribution in [0.2, 0.25) is 0 Å². The molecule has 1 amide bonds. The van der Waals surface area contributed by atoms with E-state index in [0.29, 0.717) is 19.5 Å². The summed E-state index contributed by atoms with van der Waals surface area (Å²) in [6.07, 6.45) is -3.41. The fourth-order valence-electron chi connectivity index (χ4n) is 5.59. The summed E-state index contributed by atoms with van der Waals surface area (Å²) in [5, 5.41) is 14.4. The SMILES string of the molecule is [N-]=[N+]=N[C@H]1[C@H](OCCCN(Cc2ccccc2)C(=O)OCc2ccccc2)O[C@H](CO)[C@@H](OCc2ccccc2)[C@@H]1OCc1ccccc1. The standard InChI is InChI=1S/C38H42N4O7/c39-41-40-34-36(47-27-31-18-9-3-10-19-31)35(46-26-30-16-7-2-8-17-30)33(25-43)49-37(34)45-23-13-22-42(24-29-14-5-1-6-15-29)38(44)48-28-32-20-11-4-12-21-32/h1-12,14-21,33-37,43H,13,22-28H2/t33-,34-,35-,36-,37-/m1/s1. The number of aliphatic hydroxyl groups excluding tert-OH is 1. The second-order valence-electron chi connectivity index (χ2n) is 11.6. The highest BCUT2D eigenvalue weighted by Gasteiger charge is 2.47. The molecule has 11 nitrogen and oxygen atoms in total. The zero-order valence-corrected chi connectivity index (χ0v) is 27.3. The quantitative estimate of drug-likeness (QED) is 0.0567. The molecule has 0 unspecified atom stereocenters. The lowest BCUT2D eigenvalue weighted by Crippen LogP contribution is -2.60. The van der Waals surface area contributed by atoms with E-state index in [-0.39, 0.29) is 33.0 Å². The normalized spacial score (nSPS) is 20.2. The van der Waals surface area contributed by atoms with Gasteiger partial charge in [-0.3, -0.25) is 0 Å². The molecular weight excluding hydrogens is 624 g/mol. The van der Waals surface area contributed by atoms with Crippen molar-refractivity contribution in [1.82, 2.24) is 4.90 Å². The molecule has 0 aliphatic carbocycles. The van der Waals surface area contributed by atoms with Crippen molar-refractivity contribution in [1.29, 1.82) is 0 Å². The van der Waals surface area contributed by atoms with Crippen LogP contribution in [0, 0.1) is 0 Å². The van der Waals surface area contributed by atoms with Crippen molar-refractivity contribution in [2.45, 2.75) is 63.4 Å². The Bertz CT molecular complexity index is 1580. The van der Waals surface area contributed by atoms with Crippen LogP contribution >= 0.6 is 0 Å². The van der Waals surface area contributed by atoms with Crippen LogP contribution in [0.4, 0.5) is 4.79 Å². The van der Waals surface area contributed by atoms with Gasteiger partial charge in [0.15, 0.2) is 6.29 Å². The lowest BCUT2D eigenvalue weighted by molar-refractivity contribution is -0.283. The average Bonchev–Trinajstić information content (AvgIpc) is 3.15. The summed E-state index contributed by atoms with van der Waals surface area (Å²) in [7, 11) is 0. The molecule has 1 aliphatic heterocycles. The van der Waals surface area contributed by atoms with Crippen LogP contribution in [0.5, 0.6) is 0 Å². The maximum Gasteiger partial charge on any atom is 0.410 e. The van der Waals surface area contributed by atoms with Gasteiger partial charge in [0, 0.05) is 18.0 Å². The fraction of sp³-hybridized carbons (Fsp3) is 0.342. The van der Waals surface area contributed by atoms with E-state index in [1.54, 1.807) is 4.90 Å². The number of ether oxygens (including phenoxy) is 5. The third kappa shape index (κ3) is 10.9. The smallest absolute Gasteiger partial charge is 0.410 e. The number of nitrogens with zero attached hydrogens (tertiary/aromatic N) is 4. The largest absolute Gasteiger partial charge is 0.445 e. The highest BCUT2D eigenvalue weighted by atomic mass is 16.7. The summed E-state index contributed by atoms with van der Waals surface area (Å²) < 4.78 is 30.6. The van der Waals surface area contributed by atoms with Gasteiger partial charge in [-0.2, -0.15) is 0 Å². The topological polar surface area (TPSA) is 135 Å². The van der Waals surface area contributed by atoms with E-state index in [1.165, 1.54) is 0 Å². The average molecular weight is 667 g/mol. The number of hydrogen-bond donors (Lipinski definition) is 1. The van der Waals surface area contributed by atoms with Crippen molar-refractivity contribution in [2.75, 3.05) is 19.8 Å². The third-order valence-corrected chi connectivity index (χ3v) is 8.08. The zero-order chi connectivity index (χ0) is 34.1. The maximum absolute atomic E-state index is 13.2. The Morgan fingerprint density at radius 1 is 0.735 bits per heavy atom. The number of amides is 1. The monoisotopic (exact) mass is 666 g/mol. The van der Waals surface area contributed by atoms with Gasteiger partial charge in [-0.25, -0.2) is 4.79 Å². The van der Waals surface area contributed by atoms with E-state index in [0.717, 1.165) is 22.3 Å². The van der Waals surface area contributed by atoms with Gasteiger partial charge in [-0.05, 0) is 34.2 Å². The first-order valence-electron chi connectivity index (χ1n) is 16.4. The van der Waals surface area contributed by atoms with Gasteiger partial charge in [0.1, 0.15) is 31.0 Å². The Labute approximate surface area is 286 Å². The second-order valence-corrected chi connectivity index (χ2v) is 11.6. The first-order valence-corrected chi connectivity index (χ1v) is 16.4. The molecule has 1 saturated heterocycles. The van der Waals surface area contributed by atoms with Gasteiger partial charge in [0.05, 0.1) is 26.4 Å². The summed E-state index contributed by atoms with van der Waals surface area (Å²) in [4.78, 5) is 17.9. The molecule has 0 bridgehead atoms. The molecule has 5 atom stereocenters. The molecular formula is C38H42N4O7. The molecule has 0 saturated carbocycles. The summed E-state index contributed by atoms with van der Waals surface area (Å²) >= 11 is 0. The molecule has 0 radical (unpaired) electrons. The number of benzene rings is 4. The summed E-state index contributed by atoms with van der Waals surface area (Å²) in [5.41, 5.74) is 13.3. The van der Waals surface area contributed by atoms with E-state index in [9.17, 15) is 15.4 Å². The van der Waals surface area contributed by atoms with Crippen molar-refractivity contribution >= 4 is 6.09 Å². The van der Waals surface area contributed by atoms with Gasteiger partial charge in [-0.1, -0.05) is 126 Å². The van der Waals surface area contributed by atoms with Crippen LogP contribution in [0.1, 0.15) is 28.7 Å². The number of rotatable bonds is 17. The number of carbonyl (C=O) groups excluding carboxylic acids is 1. The van der Waals surface area contributed by atoms with Gasteiger partial charge in [-0.15, -0.1) is 0 Å². The zero-order valence-electron chi connectivity index (χ0n) is 27.3. The Balaban J connectivity index is 1.25. The molecule has 11 heteroatoms. The van der Waals surface area contributed by atoms with Crippen LogP contribution in [-0.2, 0) is 50.0 Å². The van der Waals surface area contributed by atoms with Crippen LogP contribution in [0.25, 0.3) is 10.4 Å². The molecule has 0 spiro atoms. The van der Waals surface area contributed by atoms with Crippen LogP contribution in [-0.4, -0.2) is 66.5 Å². The van der Waals surface area contributed by atoms with Crippen LogP contribution in [0.15, 0.2) is 126 Å². The van der Waals surface area contributed by atoms with Gasteiger partial charge in [0.2, 0.25) is 0 Å². The van der Waals surface area contributed by atoms with Gasteiger partial charge >= 0.3 is 6.09 Å². The van der Waals surface area contributed by atoms with Crippen molar-refractivity contribution in [3.8, 4) is 0 Å². The first kappa shape index (κ1) is 35.6. The predicted molar refractivity (Wildman–Crippen MR) is 183 cm³/mol. The van der Waals surface area contributed by atoms with Gasteiger partial charge in [0.25, 0.3) is 0 Å². The van der Waals surface area contributed by atoms with Crippen LogP contribution < -0.4 is 0 Å². The molecule has 5 rings (SSSR count). The van der Waals surface area contributed by atoms with E-state index < -0.39 is 36.7 Å². The molecule has 1 fully saturated rings. The minimum atomic E-state index is -1.03. The van der Waals surface area contributed by atoms with Gasteiger partial charge < -0.3 is 33.7 Å². The highest BCUT2D eigenvalue weighted by Crippen LogP contribution is 2.30. The summed E-state index contributed by atoms with van der Waals surface area (Å²) in [6, 6.07) is 37.5. The van der Waals surface area contributed by atoms with Crippen molar-refractivity contribution in [2.24, 2.45) is 5.11 Å². The van der Waals surface area contributed by atoms with Crippen molar-refractivity contribution in [3.63, 3.8) is 0 Å². The number of hydrogen-bond acceptors (Lipinski definition) is 8. The maximum atomic E-state index is 13.2. The lowest BCUT2D eigenvalue weighted by Gasteiger charge is -2.44. The Hall–Kier alpha value is -4.74. The molecule has 4 aromatic rings. The number of aliphatic hydroxyl groups is 1.